The van der Waals surface area contributed by atoms with Crippen LogP contribution in [0.5, 0.6) is 5.88 Å². The number of nitrogens with zero attached hydrogens (tertiary/aromatic N) is 2. The Labute approximate surface area is 215 Å². The lowest BCUT2D eigenvalue weighted by Gasteiger charge is -2.44. The Morgan fingerprint density at radius 1 is 1.15 bits per heavy atom. The average Bonchev–Trinajstić information content (AvgIpc) is 2.84. The molecule has 1 aromatic heterocycles. The van der Waals surface area contributed by atoms with Crippen LogP contribution >= 0.6 is 27.5 Å². The number of benzene rings is 1. The lowest BCUT2D eigenvalue weighted by molar-refractivity contribution is 0.0350. The van der Waals surface area contributed by atoms with Gasteiger partial charge in [-0.25, -0.2) is 4.98 Å². The number of aromatic nitrogens is 1. The van der Waals surface area contributed by atoms with E-state index in [9.17, 15) is 5.11 Å². The van der Waals surface area contributed by atoms with E-state index in [4.69, 9.17) is 16.3 Å². The molecule has 0 radical (unpaired) electrons. The van der Waals surface area contributed by atoms with Crippen LogP contribution in [0.2, 0.25) is 5.02 Å². The van der Waals surface area contributed by atoms with E-state index in [1.807, 2.05) is 44.4 Å². The Morgan fingerprint density at radius 3 is 2.56 bits per heavy atom. The van der Waals surface area contributed by atoms with Crippen molar-refractivity contribution >= 4 is 27.5 Å². The molecule has 0 fully saturated rings. The van der Waals surface area contributed by atoms with Gasteiger partial charge < -0.3 is 14.7 Å². The topological polar surface area (TPSA) is 45.6 Å². The van der Waals surface area contributed by atoms with E-state index in [1.165, 1.54) is 0 Å². The zero-order valence-corrected chi connectivity index (χ0v) is 22.0. The molecular formula is C28H30BrClN2O2. The van der Waals surface area contributed by atoms with Gasteiger partial charge in [0, 0.05) is 45.6 Å². The van der Waals surface area contributed by atoms with E-state index < -0.39 is 11.5 Å². The van der Waals surface area contributed by atoms with Crippen molar-refractivity contribution in [3.63, 3.8) is 0 Å². The predicted octanol–water partition coefficient (Wildman–Crippen LogP) is 6.18. The summed E-state index contributed by atoms with van der Waals surface area (Å²) in [5.41, 5.74) is 1.55. The Morgan fingerprint density at radius 2 is 1.85 bits per heavy atom. The predicted molar refractivity (Wildman–Crippen MR) is 142 cm³/mol. The van der Waals surface area contributed by atoms with E-state index in [2.05, 4.69) is 68.3 Å². The molecule has 178 valence electrons. The first-order valence-corrected chi connectivity index (χ1v) is 12.6. The van der Waals surface area contributed by atoms with Crippen LogP contribution in [0.4, 0.5) is 0 Å². The number of aliphatic hydroxyl groups is 1. The minimum Gasteiger partial charge on any atom is -0.481 e. The highest BCUT2D eigenvalue weighted by atomic mass is 79.9. The molecule has 0 spiro atoms. The highest BCUT2D eigenvalue weighted by Crippen LogP contribution is 2.50. The van der Waals surface area contributed by atoms with Gasteiger partial charge in [0.15, 0.2) is 0 Å². The number of rotatable bonds is 8. The summed E-state index contributed by atoms with van der Waals surface area (Å²) >= 11 is 9.84. The van der Waals surface area contributed by atoms with Crippen LogP contribution in [0.3, 0.4) is 0 Å². The maximum atomic E-state index is 12.9. The van der Waals surface area contributed by atoms with Crippen molar-refractivity contribution in [1.29, 1.82) is 0 Å². The summed E-state index contributed by atoms with van der Waals surface area (Å²) in [5.74, 6) is 0.351. The van der Waals surface area contributed by atoms with Gasteiger partial charge in [-0.2, -0.15) is 0 Å². The Bertz CT molecular complexity index is 1140. The second-order valence-corrected chi connectivity index (χ2v) is 10.4. The Hall–Kier alpha value is -2.18. The highest BCUT2D eigenvalue weighted by molar-refractivity contribution is 9.10. The fourth-order valence-electron chi connectivity index (χ4n) is 4.99. The zero-order chi connectivity index (χ0) is 24.3. The smallest absolute Gasteiger partial charge is 0.217 e. The number of hydrogen-bond donors (Lipinski definition) is 1. The van der Waals surface area contributed by atoms with Gasteiger partial charge in [-0.15, -0.1) is 0 Å². The third kappa shape index (κ3) is 5.08. The van der Waals surface area contributed by atoms with Gasteiger partial charge in [-0.3, -0.25) is 0 Å². The quantitative estimate of drug-likeness (QED) is 0.434. The molecule has 1 N–H and O–H groups in total. The van der Waals surface area contributed by atoms with Crippen LogP contribution < -0.4 is 4.74 Å². The van der Waals surface area contributed by atoms with Crippen molar-refractivity contribution in [2.75, 3.05) is 27.7 Å². The van der Waals surface area contributed by atoms with E-state index in [1.54, 1.807) is 13.3 Å². The minimum atomic E-state index is -1.21. The molecule has 0 saturated carbocycles. The standard InChI is InChI=1S/C28H30BrClN2O2/c1-32(2)16-15-28(33,25-10-6-8-19-7-4-5-9-23(19)25)26(20-11-13-22(30)14-12-20)24-17-21(29)18-31-27(24)34-3/h4-14,17-19,23,26,33H,15-16H2,1-3H3. The van der Waals surface area contributed by atoms with Gasteiger partial charge in [0.25, 0.3) is 0 Å². The van der Waals surface area contributed by atoms with Gasteiger partial charge in [-0.1, -0.05) is 66.3 Å². The van der Waals surface area contributed by atoms with E-state index >= 15 is 0 Å². The van der Waals surface area contributed by atoms with Crippen LogP contribution in [0, 0.1) is 11.8 Å². The third-order valence-electron chi connectivity index (χ3n) is 6.62. The molecular weight excluding hydrogens is 512 g/mol. The number of allylic oxidation sites excluding steroid dienone is 7. The molecule has 1 heterocycles. The summed E-state index contributed by atoms with van der Waals surface area (Å²) in [7, 11) is 5.67. The summed E-state index contributed by atoms with van der Waals surface area (Å²) in [6, 6.07) is 9.71. The molecule has 0 bridgehead atoms. The highest BCUT2D eigenvalue weighted by Gasteiger charge is 2.46. The number of methoxy groups -OCH3 is 1. The van der Waals surface area contributed by atoms with Gasteiger partial charge in [-0.05, 0) is 65.8 Å². The maximum absolute atomic E-state index is 12.9. The van der Waals surface area contributed by atoms with Crippen molar-refractivity contribution < 1.29 is 9.84 Å². The lowest BCUT2D eigenvalue weighted by atomic mass is 9.64. The molecule has 2 aromatic rings. The van der Waals surface area contributed by atoms with Gasteiger partial charge in [0.2, 0.25) is 5.88 Å². The molecule has 6 heteroatoms. The van der Waals surface area contributed by atoms with Crippen molar-refractivity contribution in [3.8, 4) is 5.88 Å². The van der Waals surface area contributed by atoms with Gasteiger partial charge in [0.05, 0.1) is 12.7 Å². The number of halogens is 2. The summed E-state index contributed by atoms with van der Waals surface area (Å²) < 4.78 is 6.53. The van der Waals surface area contributed by atoms with Crippen LogP contribution in [-0.2, 0) is 0 Å². The number of fused-ring (bicyclic) bond motifs is 1. The number of ether oxygens (including phenoxy) is 1. The number of pyridine rings is 1. The summed E-state index contributed by atoms with van der Waals surface area (Å²) in [6.07, 6.45) is 17.1. The monoisotopic (exact) mass is 540 g/mol. The molecule has 4 atom stereocenters. The van der Waals surface area contributed by atoms with Crippen molar-refractivity contribution in [3.05, 3.63) is 105 Å². The molecule has 34 heavy (non-hydrogen) atoms. The Kier molecular flexibility index (Phi) is 7.78. The first-order valence-electron chi connectivity index (χ1n) is 11.4. The van der Waals surface area contributed by atoms with Crippen LogP contribution in [0.15, 0.2) is 89.1 Å². The maximum Gasteiger partial charge on any atom is 0.217 e. The molecule has 4 rings (SSSR count). The Balaban J connectivity index is 1.95. The van der Waals surface area contributed by atoms with E-state index in [0.717, 1.165) is 21.2 Å². The van der Waals surface area contributed by atoms with Gasteiger partial charge >= 0.3 is 0 Å². The minimum absolute atomic E-state index is 0.0723. The molecule has 2 aliphatic rings. The molecule has 1 aromatic carbocycles. The largest absolute Gasteiger partial charge is 0.481 e. The van der Waals surface area contributed by atoms with Crippen LogP contribution in [0.1, 0.15) is 23.5 Å². The summed E-state index contributed by atoms with van der Waals surface area (Å²) in [5, 5.41) is 13.5. The van der Waals surface area contributed by atoms with Gasteiger partial charge in [0.1, 0.15) is 0 Å². The van der Waals surface area contributed by atoms with Crippen molar-refractivity contribution in [1.82, 2.24) is 9.88 Å². The number of hydrogen-bond acceptors (Lipinski definition) is 4. The third-order valence-corrected chi connectivity index (χ3v) is 7.30. The molecule has 4 unspecified atom stereocenters. The van der Waals surface area contributed by atoms with Crippen molar-refractivity contribution in [2.24, 2.45) is 11.8 Å². The van der Waals surface area contributed by atoms with Crippen molar-refractivity contribution in [2.45, 2.75) is 17.9 Å². The molecule has 0 amide bonds. The molecule has 0 aliphatic heterocycles. The lowest BCUT2D eigenvalue weighted by Crippen LogP contribution is -2.45. The van der Waals surface area contributed by atoms with Crippen LogP contribution in [0.25, 0.3) is 0 Å². The van der Waals surface area contributed by atoms with Crippen LogP contribution in [-0.4, -0.2) is 48.3 Å². The van der Waals surface area contributed by atoms with E-state index in [-0.39, 0.29) is 11.8 Å². The summed E-state index contributed by atoms with van der Waals surface area (Å²) in [6.45, 7) is 0.711. The molecule has 2 aliphatic carbocycles. The first-order chi connectivity index (χ1) is 16.3. The zero-order valence-electron chi connectivity index (χ0n) is 19.7. The fraction of sp³-hybridized carbons (Fsp3) is 0.321. The fourth-order valence-corrected chi connectivity index (χ4v) is 5.46. The average molecular weight is 542 g/mol. The second-order valence-electron chi connectivity index (χ2n) is 9.09. The molecule has 4 nitrogen and oxygen atoms in total. The summed E-state index contributed by atoms with van der Waals surface area (Å²) in [4.78, 5) is 6.63. The first kappa shape index (κ1) is 24.9. The SMILES string of the molecule is COc1ncc(Br)cc1C(c1ccc(Cl)cc1)C(O)(CCN(C)C)C1=CC=CC2C=CC=CC12. The molecule has 0 saturated heterocycles. The normalized spacial score (nSPS) is 21.7. The van der Waals surface area contributed by atoms with E-state index in [0.29, 0.717) is 23.9 Å². The second kappa shape index (κ2) is 10.6.